The van der Waals surface area contributed by atoms with Gasteiger partial charge in [-0.2, -0.15) is 0 Å². The van der Waals surface area contributed by atoms with Crippen molar-refractivity contribution in [1.29, 1.82) is 0 Å². The molecule has 20 heavy (non-hydrogen) atoms. The van der Waals surface area contributed by atoms with Crippen LogP contribution in [0.2, 0.25) is 0 Å². The summed E-state index contributed by atoms with van der Waals surface area (Å²) in [6.07, 6.45) is 2.39. The summed E-state index contributed by atoms with van der Waals surface area (Å²) < 4.78 is 1.23. The number of fused-ring (bicyclic) bond motifs is 1. The third kappa shape index (κ3) is 3.25. The second-order valence-electron chi connectivity index (χ2n) is 5.09. The molecule has 1 N–H and O–H groups in total. The third-order valence-corrected chi connectivity index (χ3v) is 5.67. The fraction of sp³-hybridized carbons (Fsp3) is 0.375. The maximum atomic E-state index is 3.57. The first-order valence-electron chi connectivity index (χ1n) is 7.10. The summed E-state index contributed by atoms with van der Waals surface area (Å²) in [4.78, 5) is 3.90. The van der Waals surface area contributed by atoms with Crippen molar-refractivity contribution >= 4 is 33.0 Å². The van der Waals surface area contributed by atoms with Crippen molar-refractivity contribution in [2.75, 3.05) is 24.5 Å². The molecule has 0 saturated carbocycles. The van der Waals surface area contributed by atoms with E-state index in [-0.39, 0.29) is 0 Å². The van der Waals surface area contributed by atoms with E-state index in [0.717, 1.165) is 19.6 Å². The van der Waals surface area contributed by atoms with Crippen LogP contribution in [0.5, 0.6) is 0 Å². The van der Waals surface area contributed by atoms with Gasteiger partial charge >= 0.3 is 0 Å². The zero-order valence-corrected chi connectivity index (χ0v) is 13.8. The molecule has 0 aliphatic carbocycles. The molecule has 0 bridgehead atoms. The van der Waals surface area contributed by atoms with Gasteiger partial charge in [-0.1, -0.05) is 18.2 Å². The number of halogens is 1. The minimum absolute atomic E-state index is 0.967. The van der Waals surface area contributed by atoms with Crippen LogP contribution in [0.25, 0.3) is 0 Å². The zero-order valence-electron chi connectivity index (χ0n) is 11.4. The number of nitrogens with one attached hydrogen (secondary N) is 1. The standard InChI is InChI=1S/C16H19BrN2S/c17-14-7-11-20-16(14)12-18-8-3-9-19-10-6-13-4-1-2-5-15(13)19/h1-2,4-5,7,11,18H,3,6,8-10,12H2. The Hall–Kier alpha value is -0.840. The van der Waals surface area contributed by atoms with Crippen LogP contribution in [0.15, 0.2) is 40.2 Å². The lowest BCUT2D eigenvalue weighted by Gasteiger charge is -2.19. The molecular formula is C16H19BrN2S. The van der Waals surface area contributed by atoms with Gasteiger partial charge in [-0.05, 0) is 58.4 Å². The van der Waals surface area contributed by atoms with Crippen LogP contribution in [0.1, 0.15) is 16.9 Å². The van der Waals surface area contributed by atoms with E-state index in [2.05, 4.69) is 61.9 Å². The molecule has 1 aromatic carbocycles. The summed E-state index contributed by atoms with van der Waals surface area (Å²) in [6.45, 7) is 4.36. The van der Waals surface area contributed by atoms with Crippen LogP contribution in [0, 0.1) is 0 Å². The number of para-hydroxylation sites is 1. The topological polar surface area (TPSA) is 15.3 Å². The number of hydrogen-bond acceptors (Lipinski definition) is 3. The Bertz CT molecular complexity index is 567. The highest BCUT2D eigenvalue weighted by Gasteiger charge is 2.17. The van der Waals surface area contributed by atoms with Crippen molar-refractivity contribution < 1.29 is 0 Å². The number of hydrogen-bond donors (Lipinski definition) is 1. The van der Waals surface area contributed by atoms with Crippen molar-refractivity contribution in [3.63, 3.8) is 0 Å². The number of anilines is 1. The summed E-state index contributed by atoms with van der Waals surface area (Å²) in [5.41, 5.74) is 2.94. The van der Waals surface area contributed by atoms with Crippen molar-refractivity contribution in [2.24, 2.45) is 0 Å². The Kier molecular flexibility index (Phi) is 4.76. The Morgan fingerprint density at radius 3 is 3.00 bits per heavy atom. The minimum Gasteiger partial charge on any atom is -0.371 e. The number of rotatable bonds is 6. The summed E-state index contributed by atoms with van der Waals surface area (Å²) >= 11 is 5.37. The molecule has 0 radical (unpaired) electrons. The molecule has 0 saturated heterocycles. The van der Waals surface area contributed by atoms with Gasteiger partial charge in [0.15, 0.2) is 0 Å². The van der Waals surface area contributed by atoms with E-state index in [1.165, 1.54) is 40.0 Å². The second kappa shape index (κ2) is 6.74. The van der Waals surface area contributed by atoms with E-state index < -0.39 is 0 Å². The second-order valence-corrected chi connectivity index (χ2v) is 6.94. The molecule has 0 atom stereocenters. The molecule has 1 aromatic heterocycles. The van der Waals surface area contributed by atoms with Gasteiger partial charge in [-0.15, -0.1) is 11.3 Å². The molecule has 1 aliphatic rings. The first kappa shape index (κ1) is 14.1. The maximum absolute atomic E-state index is 3.57. The zero-order chi connectivity index (χ0) is 13.8. The highest BCUT2D eigenvalue weighted by atomic mass is 79.9. The Labute approximate surface area is 132 Å². The molecular weight excluding hydrogens is 332 g/mol. The molecule has 3 rings (SSSR count). The normalized spacial score (nSPS) is 13.8. The molecule has 0 amide bonds. The molecule has 4 heteroatoms. The van der Waals surface area contributed by atoms with Gasteiger partial charge in [0.2, 0.25) is 0 Å². The predicted octanol–water partition coefficient (Wildman–Crippen LogP) is 4.05. The summed E-state index contributed by atoms with van der Waals surface area (Å²) in [5.74, 6) is 0. The third-order valence-electron chi connectivity index (χ3n) is 3.74. The van der Waals surface area contributed by atoms with Crippen LogP contribution < -0.4 is 10.2 Å². The Morgan fingerprint density at radius 2 is 2.15 bits per heavy atom. The number of benzene rings is 1. The summed E-state index contributed by atoms with van der Waals surface area (Å²) in [6, 6.07) is 10.9. The van der Waals surface area contributed by atoms with Gasteiger partial charge in [0.25, 0.3) is 0 Å². The molecule has 2 nitrogen and oxygen atoms in total. The predicted molar refractivity (Wildman–Crippen MR) is 90.7 cm³/mol. The molecule has 0 unspecified atom stereocenters. The summed E-state index contributed by atoms with van der Waals surface area (Å²) in [7, 11) is 0. The first-order valence-corrected chi connectivity index (χ1v) is 8.77. The van der Waals surface area contributed by atoms with E-state index in [9.17, 15) is 0 Å². The summed E-state index contributed by atoms with van der Waals surface area (Å²) in [5, 5.41) is 5.66. The van der Waals surface area contributed by atoms with E-state index in [1.54, 1.807) is 11.3 Å². The van der Waals surface area contributed by atoms with E-state index >= 15 is 0 Å². The minimum atomic E-state index is 0.967. The fourth-order valence-corrected chi connectivity index (χ4v) is 4.15. The lowest BCUT2D eigenvalue weighted by atomic mass is 10.2. The lowest BCUT2D eigenvalue weighted by molar-refractivity contribution is 0.642. The van der Waals surface area contributed by atoms with Gasteiger partial charge in [-0.3, -0.25) is 0 Å². The van der Waals surface area contributed by atoms with Crippen LogP contribution in [-0.4, -0.2) is 19.6 Å². The van der Waals surface area contributed by atoms with Crippen molar-refractivity contribution in [3.05, 3.63) is 50.6 Å². The van der Waals surface area contributed by atoms with Gasteiger partial charge < -0.3 is 10.2 Å². The molecule has 1 aliphatic heterocycles. The smallest absolute Gasteiger partial charge is 0.0399 e. The van der Waals surface area contributed by atoms with Crippen LogP contribution in [0.4, 0.5) is 5.69 Å². The highest BCUT2D eigenvalue weighted by molar-refractivity contribution is 9.10. The van der Waals surface area contributed by atoms with Crippen LogP contribution >= 0.6 is 27.3 Å². The largest absolute Gasteiger partial charge is 0.371 e. The van der Waals surface area contributed by atoms with Gasteiger partial charge in [0, 0.05) is 34.7 Å². The number of nitrogens with zero attached hydrogens (tertiary/aromatic N) is 1. The monoisotopic (exact) mass is 350 g/mol. The van der Waals surface area contributed by atoms with E-state index in [4.69, 9.17) is 0 Å². The molecule has 0 spiro atoms. The van der Waals surface area contributed by atoms with E-state index in [1.807, 2.05) is 0 Å². The van der Waals surface area contributed by atoms with E-state index in [0.29, 0.717) is 0 Å². The average Bonchev–Trinajstić information content (AvgIpc) is 3.06. The number of thiophene rings is 1. The highest BCUT2D eigenvalue weighted by Crippen LogP contribution is 2.27. The Morgan fingerprint density at radius 1 is 1.25 bits per heavy atom. The molecule has 106 valence electrons. The fourth-order valence-electron chi connectivity index (χ4n) is 2.69. The van der Waals surface area contributed by atoms with Gasteiger partial charge in [0.05, 0.1) is 0 Å². The molecule has 0 fully saturated rings. The van der Waals surface area contributed by atoms with Crippen molar-refractivity contribution in [3.8, 4) is 0 Å². The Balaban J connectivity index is 1.40. The van der Waals surface area contributed by atoms with Crippen molar-refractivity contribution in [2.45, 2.75) is 19.4 Å². The van der Waals surface area contributed by atoms with Crippen LogP contribution in [-0.2, 0) is 13.0 Å². The first-order chi connectivity index (χ1) is 9.84. The lowest BCUT2D eigenvalue weighted by Crippen LogP contribution is -2.25. The molecule has 2 heterocycles. The van der Waals surface area contributed by atoms with Gasteiger partial charge in [0.1, 0.15) is 0 Å². The van der Waals surface area contributed by atoms with Gasteiger partial charge in [-0.25, -0.2) is 0 Å². The van der Waals surface area contributed by atoms with Crippen LogP contribution in [0.3, 0.4) is 0 Å². The van der Waals surface area contributed by atoms with Crippen molar-refractivity contribution in [1.82, 2.24) is 5.32 Å². The maximum Gasteiger partial charge on any atom is 0.0399 e. The molecule has 2 aromatic rings. The SMILES string of the molecule is Brc1ccsc1CNCCCN1CCc2ccccc21. The quantitative estimate of drug-likeness (QED) is 0.790. The average molecular weight is 351 g/mol.